The molecule has 1 aliphatic heterocycles. The average Bonchev–Trinajstić information content (AvgIpc) is 3.67. The Morgan fingerprint density at radius 2 is 1.98 bits per heavy atom. The van der Waals surface area contributed by atoms with Crippen molar-refractivity contribution >= 4 is 25.6 Å². The molecule has 1 atom stereocenters. The van der Waals surface area contributed by atoms with Crippen LogP contribution in [-0.4, -0.2) is 50.8 Å². The van der Waals surface area contributed by atoms with Crippen LogP contribution in [0.1, 0.15) is 70.6 Å². The molecule has 3 aromatic heterocycles. The second kappa shape index (κ2) is 12.4. The fourth-order valence-electron chi connectivity index (χ4n) is 5.33. The maximum absolute atomic E-state index is 10.1. The third kappa shape index (κ3) is 6.82. The Bertz CT molecular complexity index is 1710. The monoisotopic (exact) mass is 625 g/mol. The summed E-state index contributed by atoms with van der Waals surface area (Å²) < 4.78 is 10.7. The molecular formula is C34H47N9OSi. The van der Waals surface area contributed by atoms with E-state index >= 15 is 0 Å². The number of anilines is 3. The van der Waals surface area contributed by atoms with Gasteiger partial charge in [0.05, 0.1) is 41.1 Å². The van der Waals surface area contributed by atoms with E-state index < -0.39 is 8.32 Å². The lowest BCUT2D eigenvalue weighted by Gasteiger charge is -2.39. The average molecular weight is 626 g/mol. The lowest BCUT2D eigenvalue weighted by Crippen LogP contribution is -2.45. The summed E-state index contributed by atoms with van der Waals surface area (Å²) in [6.45, 7) is 19.9. The van der Waals surface area contributed by atoms with Gasteiger partial charge in [-0.15, -0.1) is 0 Å². The van der Waals surface area contributed by atoms with Gasteiger partial charge in [-0.1, -0.05) is 41.5 Å². The Balaban J connectivity index is 1.44. The first-order valence-electron chi connectivity index (χ1n) is 15.8. The van der Waals surface area contributed by atoms with Crippen molar-refractivity contribution in [2.75, 3.05) is 23.8 Å². The molecule has 0 bridgehead atoms. The van der Waals surface area contributed by atoms with Gasteiger partial charge in [-0.2, -0.15) is 10.4 Å². The Morgan fingerprint density at radius 3 is 2.64 bits per heavy atom. The molecule has 238 valence electrons. The number of aromatic nitrogens is 6. The number of fused-ring (bicyclic) bond motifs is 1. The van der Waals surface area contributed by atoms with Crippen LogP contribution in [0, 0.1) is 17.2 Å². The Labute approximate surface area is 268 Å². The van der Waals surface area contributed by atoms with Crippen LogP contribution in [0.4, 0.5) is 17.3 Å². The first kappa shape index (κ1) is 32.4. The number of nitriles is 1. The number of nitrogens with zero attached hydrogens (tertiary/aromatic N) is 7. The van der Waals surface area contributed by atoms with E-state index in [0.29, 0.717) is 37.1 Å². The topological polar surface area (TPSA) is 118 Å². The van der Waals surface area contributed by atoms with Gasteiger partial charge in [-0.3, -0.25) is 4.68 Å². The second-order valence-electron chi connectivity index (χ2n) is 14.5. The predicted molar refractivity (Wildman–Crippen MR) is 182 cm³/mol. The summed E-state index contributed by atoms with van der Waals surface area (Å²) in [6.07, 6.45) is 9.25. The Morgan fingerprint density at radius 1 is 1.20 bits per heavy atom. The van der Waals surface area contributed by atoms with Crippen LogP contribution >= 0.6 is 0 Å². The molecule has 1 aromatic carbocycles. The van der Waals surface area contributed by atoms with Gasteiger partial charge in [0.1, 0.15) is 11.9 Å². The summed E-state index contributed by atoms with van der Waals surface area (Å²) >= 11 is 0. The molecule has 1 aliphatic rings. The van der Waals surface area contributed by atoms with Crippen molar-refractivity contribution in [3.8, 4) is 17.3 Å². The molecule has 0 amide bonds. The number of nitrogens with one attached hydrogen (secondary N) is 2. The smallest absolute Gasteiger partial charge is 0.227 e. The van der Waals surface area contributed by atoms with Crippen LogP contribution in [0.15, 0.2) is 43.0 Å². The largest absolute Gasteiger partial charge is 0.416 e. The molecule has 4 aromatic rings. The van der Waals surface area contributed by atoms with Crippen molar-refractivity contribution in [2.24, 2.45) is 13.0 Å². The summed E-state index contributed by atoms with van der Waals surface area (Å²) in [7, 11) is 0.0400. The number of rotatable bonds is 11. The van der Waals surface area contributed by atoms with Crippen LogP contribution in [0.25, 0.3) is 11.3 Å². The lowest BCUT2D eigenvalue weighted by molar-refractivity contribution is 0.220. The fourth-order valence-corrected chi connectivity index (χ4v) is 6.44. The third-order valence-electron chi connectivity index (χ3n) is 9.44. The van der Waals surface area contributed by atoms with Crippen molar-refractivity contribution in [3.05, 3.63) is 65.6 Å². The van der Waals surface area contributed by atoms with Crippen molar-refractivity contribution in [2.45, 2.75) is 84.5 Å². The normalized spacial score (nSPS) is 16.5. The standard InChI is InChI=1S/C34H47N9OSi/c1-23(2)10-11-29-28(19-39-43(29)20-30-36-14-15-42(30)7)41-32-37-13-12-27(40-32)24-16-25(18-35)31-26(17-24)34(6,21-38-31)22-44-45(8,9)33(3,4)5/h12-17,19,23,38H,10-11,20-22H2,1-9H3,(H,37,40,41)/t34-/m1/s1. The zero-order valence-corrected chi connectivity index (χ0v) is 29.2. The van der Waals surface area contributed by atoms with Gasteiger partial charge >= 0.3 is 0 Å². The maximum Gasteiger partial charge on any atom is 0.227 e. The molecule has 10 nitrogen and oxygen atoms in total. The molecular weight excluding hydrogens is 579 g/mol. The minimum absolute atomic E-state index is 0.117. The summed E-state index contributed by atoms with van der Waals surface area (Å²) in [5.74, 6) is 1.97. The molecule has 2 N–H and O–H groups in total. The molecule has 0 radical (unpaired) electrons. The Hall–Kier alpha value is -4.01. The van der Waals surface area contributed by atoms with Gasteiger partial charge in [0.2, 0.25) is 5.95 Å². The number of hydrogen-bond acceptors (Lipinski definition) is 8. The van der Waals surface area contributed by atoms with E-state index in [2.05, 4.69) is 87.4 Å². The summed E-state index contributed by atoms with van der Waals surface area (Å²) in [4.78, 5) is 14.0. The highest BCUT2D eigenvalue weighted by atomic mass is 28.4. The quantitative estimate of drug-likeness (QED) is 0.171. The fraction of sp³-hybridized carbons (Fsp3) is 0.500. The van der Waals surface area contributed by atoms with Gasteiger partial charge in [0, 0.05) is 49.8 Å². The van der Waals surface area contributed by atoms with Gasteiger partial charge in [0.15, 0.2) is 8.32 Å². The van der Waals surface area contributed by atoms with Crippen molar-refractivity contribution in [1.29, 1.82) is 5.26 Å². The van der Waals surface area contributed by atoms with Crippen LogP contribution in [-0.2, 0) is 29.9 Å². The number of hydrogen-bond donors (Lipinski definition) is 2. The maximum atomic E-state index is 10.1. The van der Waals surface area contributed by atoms with E-state index in [1.165, 1.54) is 0 Å². The molecule has 5 rings (SSSR count). The Kier molecular flexibility index (Phi) is 8.93. The first-order chi connectivity index (χ1) is 21.2. The molecule has 11 heteroatoms. The molecule has 45 heavy (non-hydrogen) atoms. The molecule has 0 fully saturated rings. The van der Waals surface area contributed by atoms with Gasteiger partial charge in [-0.25, -0.2) is 15.0 Å². The highest BCUT2D eigenvalue weighted by Gasteiger charge is 2.42. The van der Waals surface area contributed by atoms with Crippen LogP contribution in [0.3, 0.4) is 0 Å². The zero-order chi connectivity index (χ0) is 32.6. The van der Waals surface area contributed by atoms with Crippen molar-refractivity contribution < 1.29 is 4.43 Å². The lowest BCUT2D eigenvalue weighted by atomic mass is 9.83. The molecule has 4 heterocycles. The molecule has 0 spiro atoms. The van der Waals surface area contributed by atoms with Gasteiger partial charge in [-0.05, 0) is 60.7 Å². The van der Waals surface area contributed by atoms with Crippen molar-refractivity contribution in [3.63, 3.8) is 0 Å². The van der Waals surface area contributed by atoms with E-state index in [9.17, 15) is 5.26 Å². The highest BCUT2D eigenvalue weighted by molar-refractivity contribution is 6.74. The SMILES string of the molecule is CC(C)CCc1c(Nc2nccc(-c3cc(C#N)c4c(c3)[C@@](C)(CO[Si](C)(C)C(C)(C)C)CN4)n2)cnn1Cc1nccn1C. The van der Waals surface area contributed by atoms with Crippen LogP contribution in [0.2, 0.25) is 18.1 Å². The summed E-state index contributed by atoms with van der Waals surface area (Å²) in [5, 5.41) is 21.9. The first-order valence-corrected chi connectivity index (χ1v) is 18.7. The number of benzene rings is 1. The summed E-state index contributed by atoms with van der Waals surface area (Å²) in [5.41, 5.74) is 5.92. The highest BCUT2D eigenvalue weighted by Crippen LogP contribution is 2.44. The molecule has 0 unspecified atom stereocenters. The number of imidazole rings is 1. The zero-order valence-electron chi connectivity index (χ0n) is 28.2. The van der Waals surface area contributed by atoms with E-state index in [-0.39, 0.29) is 10.5 Å². The van der Waals surface area contributed by atoms with Crippen LogP contribution < -0.4 is 10.6 Å². The molecule has 0 aliphatic carbocycles. The van der Waals surface area contributed by atoms with Gasteiger partial charge in [0.25, 0.3) is 0 Å². The minimum Gasteiger partial charge on any atom is -0.416 e. The third-order valence-corrected chi connectivity index (χ3v) is 13.9. The van der Waals surface area contributed by atoms with Gasteiger partial charge < -0.3 is 19.6 Å². The van der Waals surface area contributed by atoms with E-state index in [1.807, 2.05) is 47.0 Å². The van der Waals surface area contributed by atoms with E-state index in [1.54, 1.807) is 6.20 Å². The minimum atomic E-state index is -1.95. The van der Waals surface area contributed by atoms with E-state index in [0.717, 1.165) is 52.6 Å². The second-order valence-corrected chi connectivity index (χ2v) is 19.3. The predicted octanol–water partition coefficient (Wildman–Crippen LogP) is 7.03. The van der Waals surface area contributed by atoms with Crippen molar-refractivity contribution in [1.82, 2.24) is 29.3 Å². The number of aryl methyl sites for hydroxylation is 1. The van der Waals surface area contributed by atoms with E-state index in [4.69, 9.17) is 14.5 Å². The molecule has 0 saturated carbocycles. The molecule has 0 saturated heterocycles. The summed E-state index contributed by atoms with van der Waals surface area (Å²) in [6, 6.07) is 8.38. The van der Waals surface area contributed by atoms with Crippen LogP contribution in [0.5, 0.6) is 0 Å².